The molecule has 3 atom stereocenters. The molecule has 1 aliphatic carbocycles. The van der Waals surface area contributed by atoms with E-state index in [-0.39, 0.29) is 17.3 Å². The molecule has 1 spiro atoms. The van der Waals surface area contributed by atoms with E-state index in [0.717, 1.165) is 5.56 Å². The lowest BCUT2D eigenvalue weighted by molar-refractivity contribution is 0.0652. The van der Waals surface area contributed by atoms with Crippen molar-refractivity contribution in [2.45, 2.75) is 24.9 Å². The summed E-state index contributed by atoms with van der Waals surface area (Å²) >= 11 is 0. The van der Waals surface area contributed by atoms with Crippen molar-refractivity contribution in [3.05, 3.63) is 131 Å². The summed E-state index contributed by atoms with van der Waals surface area (Å²) in [5.74, 6) is -1.84. The number of carbonyl (C=O) groups excluding carboxylic acids is 3. The second-order valence-electron chi connectivity index (χ2n) is 10.2. The van der Waals surface area contributed by atoms with Gasteiger partial charge < -0.3 is 9.32 Å². The molecule has 38 heavy (non-hydrogen) atoms. The van der Waals surface area contributed by atoms with Gasteiger partial charge in [-0.05, 0) is 37.3 Å². The fraction of sp³-hybridized carbons (Fsp3) is 0.156. The van der Waals surface area contributed by atoms with Crippen LogP contribution in [0.1, 0.15) is 53.9 Å². The van der Waals surface area contributed by atoms with E-state index in [1.165, 1.54) is 18.4 Å². The third kappa shape index (κ3) is 2.83. The largest absolute Gasteiger partial charge is 0.469 e. The van der Waals surface area contributed by atoms with Crippen molar-refractivity contribution in [2.24, 2.45) is 5.41 Å². The van der Waals surface area contributed by atoms with Gasteiger partial charge in [-0.2, -0.15) is 0 Å². The minimum atomic E-state index is -1.63. The molecule has 3 aromatic carbocycles. The maximum Gasteiger partial charge on any atom is 0.186 e. The molecular formula is C32H22FNO4. The van der Waals surface area contributed by atoms with E-state index in [1.807, 2.05) is 24.0 Å². The van der Waals surface area contributed by atoms with E-state index in [2.05, 4.69) is 0 Å². The molecule has 3 heterocycles. The number of nitrogens with zero attached hydrogens (tertiary/aromatic N) is 1. The number of anilines is 1. The lowest BCUT2D eigenvalue weighted by Gasteiger charge is -2.37. The van der Waals surface area contributed by atoms with Crippen LogP contribution in [0, 0.1) is 18.2 Å². The number of benzene rings is 3. The van der Waals surface area contributed by atoms with Gasteiger partial charge in [-0.1, -0.05) is 66.2 Å². The van der Waals surface area contributed by atoms with Crippen molar-refractivity contribution in [2.75, 3.05) is 4.90 Å². The SMILES string of the molecule is Cc1ccc(C(=O)[C@H]2[C@H](c3ccco3)C3(C(=O)c4ccccc4C3=O)C3C=Cc4cc(F)ccc4N32)cc1. The highest BCUT2D eigenvalue weighted by atomic mass is 19.1. The van der Waals surface area contributed by atoms with E-state index in [1.54, 1.807) is 66.7 Å². The Morgan fingerprint density at radius 1 is 0.921 bits per heavy atom. The molecule has 0 bridgehead atoms. The van der Waals surface area contributed by atoms with Gasteiger partial charge in [-0.15, -0.1) is 0 Å². The Hall–Kier alpha value is -4.58. The Labute approximate surface area is 218 Å². The zero-order valence-corrected chi connectivity index (χ0v) is 20.4. The zero-order valence-electron chi connectivity index (χ0n) is 20.4. The molecule has 1 fully saturated rings. The summed E-state index contributed by atoms with van der Waals surface area (Å²) < 4.78 is 20.1. The zero-order chi connectivity index (χ0) is 26.2. The number of rotatable bonds is 3. The smallest absolute Gasteiger partial charge is 0.186 e. The molecule has 6 heteroatoms. The summed E-state index contributed by atoms with van der Waals surface area (Å²) in [7, 11) is 0. The molecule has 0 amide bonds. The first-order chi connectivity index (χ1) is 18.4. The maximum absolute atomic E-state index is 14.4. The number of hydrogen-bond acceptors (Lipinski definition) is 5. The first-order valence-electron chi connectivity index (χ1n) is 12.5. The van der Waals surface area contributed by atoms with Gasteiger partial charge in [0, 0.05) is 27.9 Å². The predicted molar refractivity (Wildman–Crippen MR) is 140 cm³/mol. The number of aryl methyl sites for hydroxylation is 1. The fourth-order valence-corrected chi connectivity index (χ4v) is 6.61. The number of furan rings is 1. The van der Waals surface area contributed by atoms with Gasteiger partial charge >= 0.3 is 0 Å². The first kappa shape index (κ1) is 22.6. The monoisotopic (exact) mass is 503 g/mol. The van der Waals surface area contributed by atoms with Crippen LogP contribution >= 0.6 is 0 Å². The van der Waals surface area contributed by atoms with Crippen molar-refractivity contribution in [1.82, 2.24) is 0 Å². The van der Waals surface area contributed by atoms with E-state index >= 15 is 0 Å². The summed E-state index contributed by atoms with van der Waals surface area (Å²) in [6.07, 6.45) is 4.99. The molecular weight excluding hydrogens is 481 g/mol. The van der Waals surface area contributed by atoms with Crippen LogP contribution in [0.5, 0.6) is 0 Å². The molecule has 0 saturated carbocycles. The number of ketones is 3. The number of Topliss-reactive ketones (excluding diaryl/α,β-unsaturated/α-hetero) is 3. The molecule has 1 saturated heterocycles. The van der Waals surface area contributed by atoms with Crippen LogP contribution in [0.4, 0.5) is 10.1 Å². The third-order valence-electron chi connectivity index (χ3n) is 8.22. The minimum absolute atomic E-state index is 0.240. The summed E-state index contributed by atoms with van der Waals surface area (Å²) in [6, 6.07) is 20.1. The Balaban J connectivity index is 1.53. The van der Waals surface area contributed by atoms with Crippen molar-refractivity contribution in [3.8, 4) is 0 Å². The van der Waals surface area contributed by atoms with Gasteiger partial charge in [-0.25, -0.2) is 4.39 Å². The van der Waals surface area contributed by atoms with Gasteiger partial charge in [0.05, 0.1) is 18.2 Å². The van der Waals surface area contributed by atoms with Gasteiger partial charge in [0.2, 0.25) is 0 Å². The van der Waals surface area contributed by atoms with Crippen LogP contribution in [0.3, 0.4) is 0 Å². The van der Waals surface area contributed by atoms with Crippen molar-refractivity contribution < 1.29 is 23.2 Å². The molecule has 2 aliphatic heterocycles. The highest BCUT2D eigenvalue weighted by molar-refractivity contribution is 6.32. The second-order valence-corrected chi connectivity index (χ2v) is 10.2. The maximum atomic E-state index is 14.4. The Kier molecular flexibility index (Phi) is 4.73. The lowest BCUT2D eigenvalue weighted by atomic mass is 9.65. The van der Waals surface area contributed by atoms with Gasteiger partial charge in [0.25, 0.3) is 0 Å². The quantitative estimate of drug-likeness (QED) is 0.252. The van der Waals surface area contributed by atoms with Crippen molar-refractivity contribution in [1.29, 1.82) is 0 Å². The Bertz CT molecular complexity index is 1630. The topological polar surface area (TPSA) is 67.6 Å². The first-order valence-corrected chi connectivity index (χ1v) is 12.5. The number of carbonyl (C=O) groups is 3. The van der Waals surface area contributed by atoms with Crippen LogP contribution in [-0.2, 0) is 0 Å². The second kappa shape index (κ2) is 7.96. The lowest BCUT2D eigenvalue weighted by Crippen LogP contribution is -2.48. The molecule has 4 aromatic rings. The Morgan fingerprint density at radius 2 is 1.63 bits per heavy atom. The molecule has 1 aromatic heterocycles. The predicted octanol–water partition coefficient (Wildman–Crippen LogP) is 6.04. The average Bonchev–Trinajstić information content (AvgIpc) is 3.62. The van der Waals surface area contributed by atoms with Gasteiger partial charge in [-0.3, -0.25) is 14.4 Å². The van der Waals surface area contributed by atoms with Crippen LogP contribution in [0.2, 0.25) is 0 Å². The summed E-state index contributed by atoms with van der Waals surface area (Å²) in [4.78, 5) is 45.1. The van der Waals surface area contributed by atoms with Gasteiger partial charge in [0.15, 0.2) is 17.3 Å². The van der Waals surface area contributed by atoms with E-state index in [0.29, 0.717) is 33.7 Å². The van der Waals surface area contributed by atoms with E-state index in [9.17, 15) is 18.8 Å². The molecule has 0 N–H and O–H groups in total. The van der Waals surface area contributed by atoms with Crippen LogP contribution in [0.15, 0.2) is 95.6 Å². The molecule has 186 valence electrons. The van der Waals surface area contributed by atoms with E-state index in [4.69, 9.17) is 4.42 Å². The standard InChI is InChI=1S/C32H22FNO4/c1-18-8-10-19(11-9-18)29(35)28-27(25-7-4-16-38-25)32(30(36)22-5-2-3-6-23(22)31(32)37)26-15-12-20-17-21(33)13-14-24(20)34(26)28/h2-17,26-28H,1H3/t26?,27-,28+/m0/s1. The number of halogens is 1. The molecule has 5 nitrogen and oxygen atoms in total. The van der Waals surface area contributed by atoms with Crippen LogP contribution < -0.4 is 4.90 Å². The molecule has 7 rings (SSSR count). The van der Waals surface area contributed by atoms with Gasteiger partial charge in [0.1, 0.15) is 23.0 Å². The average molecular weight is 504 g/mol. The summed E-state index contributed by atoms with van der Waals surface area (Å²) in [5.41, 5.74) is 1.69. The third-order valence-corrected chi connectivity index (χ3v) is 8.22. The minimum Gasteiger partial charge on any atom is -0.469 e. The highest BCUT2D eigenvalue weighted by Gasteiger charge is 2.72. The molecule has 3 aliphatic rings. The summed E-state index contributed by atoms with van der Waals surface area (Å²) in [6.45, 7) is 1.94. The van der Waals surface area contributed by atoms with Crippen LogP contribution in [-0.4, -0.2) is 29.4 Å². The highest BCUT2D eigenvalue weighted by Crippen LogP contribution is 2.61. The van der Waals surface area contributed by atoms with Crippen molar-refractivity contribution >= 4 is 29.1 Å². The number of fused-ring (bicyclic) bond motifs is 5. The Morgan fingerprint density at radius 3 is 2.29 bits per heavy atom. The fourth-order valence-electron chi connectivity index (χ4n) is 6.61. The molecule has 0 radical (unpaired) electrons. The number of hydrogen-bond donors (Lipinski definition) is 0. The molecule has 1 unspecified atom stereocenters. The van der Waals surface area contributed by atoms with Crippen LogP contribution in [0.25, 0.3) is 6.08 Å². The van der Waals surface area contributed by atoms with E-state index < -0.39 is 29.2 Å². The normalized spacial score (nSPS) is 22.5. The summed E-state index contributed by atoms with van der Waals surface area (Å²) in [5, 5.41) is 0. The van der Waals surface area contributed by atoms with Crippen molar-refractivity contribution in [3.63, 3.8) is 0 Å².